The van der Waals surface area contributed by atoms with Crippen molar-refractivity contribution in [2.24, 2.45) is 11.1 Å². The number of hydrogen-bond acceptors (Lipinski definition) is 6. The van der Waals surface area contributed by atoms with Crippen LogP contribution in [0.2, 0.25) is 0 Å². The fourth-order valence-corrected chi connectivity index (χ4v) is 4.22. The predicted molar refractivity (Wildman–Crippen MR) is 104 cm³/mol. The van der Waals surface area contributed by atoms with Gasteiger partial charge in [0, 0.05) is 36.7 Å². The van der Waals surface area contributed by atoms with Gasteiger partial charge in [0.2, 0.25) is 0 Å². The molecule has 0 spiro atoms. The Morgan fingerprint density at radius 2 is 2.24 bits per heavy atom. The van der Waals surface area contributed by atoms with Crippen LogP contribution >= 0.6 is 23.3 Å². The molecule has 0 saturated carbocycles. The van der Waals surface area contributed by atoms with Gasteiger partial charge in [0.15, 0.2) is 4.34 Å². The van der Waals surface area contributed by atoms with E-state index in [4.69, 9.17) is 0 Å². The highest BCUT2D eigenvalue weighted by Gasteiger charge is 2.24. The number of nitrogens with one attached hydrogen (secondary N) is 1. The molecule has 1 aromatic heterocycles. The zero-order valence-corrected chi connectivity index (χ0v) is 16.7. The topological polar surface area (TPSA) is 54.4 Å². The van der Waals surface area contributed by atoms with Crippen molar-refractivity contribution in [1.29, 1.82) is 0 Å². The highest BCUT2D eigenvalue weighted by atomic mass is 32.2. The van der Waals surface area contributed by atoms with Gasteiger partial charge in [-0.2, -0.15) is 0 Å². The summed E-state index contributed by atoms with van der Waals surface area (Å²) in [6.45, 7) is 11.8. The maximum absolute atomic E-state index is 13.6. The van der Waals surface area contributed by atoms with E-state index in [1.54, 1.807) is 26.1 Å². The summed E-state index contributed by atoms with van der Waals surface area (Å²) >= 11 is 2.82. The van der Waals surface area contributed by atoms with Crippen molar-refractivity contribution in [1.82, 2.24) is 9.71 Å². The van der Waals surface area contributed by atoms with Crippen molar-refractivity contribution in [2.45, 2.75) is 56.8 Å². The number of nitroso groups, excluding NO2 is 1. The Hall–Kier alpha value is -1.47. The molecule has 0 aromatic carbocycles. The van der Waals surface area contributed by atoms with E-state index in [1.807, 2.05) is 0 Å². The van der Waals surface area contributed by atoms with E-state index in [1.165, 1.54) is 28.9 Å². The summed E-state index contributed by atoms with van der Waals surface area (Å²) in [5.41, 5.74) is 2.41. The molecule has 0 radical (unpaired) electrons. The second-order valence-electron chi connectivity index (χ2n) is 6.93. The summed E-state index contributed by atoms with van der Waals surface area (Å²) < 4.78 is 17.6. The summed E-state index contributed by atoms with van der Waals surface area (Å²) in [6.07, 6.45) is 5.26. The van der Waals surface area contributed by atoms with Crippen LogP contribution in [-0.2, 0) is 5.54 Å². The molecule has 4 nitrogen and oxygen atoms in total. The van der Waals surface area contributed by atoms with Crippen LogP contribution < -0.4 is 4.72 Å². The van der Waals surface area contributed by atoms with Crippen LogP contribution in [0.15, 0.2) is 51.0 Å². The van der Waals surface area contributed by atoms with Gasteiger partial charge in [-0.1, -0.05) is 31.2 Å². The molecule has 136 valence electrons. The van der Waals surface area contributed by atoms with Gasteiger partial charge in [0.1, 0.15) is 11.4 Å². The van der Waals surface area contributed by atoms with Gasteiger partial charge in [0.25, 0.3) is 0 Å². The second-order valence-corrected chi connectivity index (χ2v) is 9.01. The van der Waals surface area contributed by atoms with Crippen LogP contribution in [0.1, 0.15) is 51.8 Å². The average Bonchev–Trinajstić information content (AvgIpc) is 3.04. The first-order valence-electron chi connectivity index (χ1n) is 8.22. The highest BCUT2D eigenvalue weighted by molar-refractivity contribution is 7.99. The van der Waals surface area contributed by atoms with Gasteiger partial charge in [-0.05, 0) is 37.8 Å². The number of allylic oxidation sites excluding steroid dienone is 4. The van der Waals surface area contributed by atoms with Gasteiger partial charge < -0.3 is 4.72 Å². The van der Waals surface area contributed by atoms with E-state index in [0.717, 1.165) is 26.9 Å². The van der Waals surface area contributed by atoms with Crippen LogP contribution in [-0.4, -0.2) is 4.98 Å². The lowest BCUT2D eigenvalue weighted by atomic mass is 9.87. The molecule has 1 aromatic rings. The molecule has 0 bridgehead atoms. The van der Waals surface area contributed by atoms with Crippen molar-refractivity contribution in [3.05, 3.63) is 51.3 Å². The maximum Gasteiger partial charge on any atom is 0.170 e. The van der Waals surface area contributed by atoms with Gasteiger partial charge in [-0.15, -0.1) is 16.2 Å². The number of aromatic nitrogens is 1. The lowest BCUT2D eigenvalue weighted by molar-refractivity contribution is 0.563. The first-order chi connectivity index (χ1) is 11.7. The van der Waals surface area contributed by atoms with Crippen LogP contribution in [0.25, 0.3) is 0 Å². The quantitative estimate of drug-likeness (QED) is 0.427. The lowest BCUT2D eigenvalue weighted by Gasteiger charge is -2.21. The van der Waals surface area contributed by atoms with Crippen molar-refractivity contribution in [2.75, 3.05) is 0 Å². The van der Waals surface area contributed by atoms with Gasteiger partial charge in [0.05, 0.1) is 4.88 Å². The molecule has 1 heterocycles. The Balaban J connectivity index is 1.97. The number of rotatable bonds is 8. The van der Waals surface area contributed by atoms with Crippen LogP contribution in [0.3, 0.4) is 0 Å². The standard InChI is InChI=1S/C18H24FN3OS2/c1-11(2)15-9-14(19)7-6-13(15)8-12(3)21-25-17-20-10-16(24-17)18(4,5)22-23/h9-11,21H,3,6-8H2,1-2,4-5H3. The van der Waals surface area contributed by atoms with Gasteiger partial charge >= 0.3 is 0 Å². The monoisotopic (exact) mass is 381 g/mol. The van der Waals surface area contributed by atoms with E-state index >= 15 is 0 Å². The van der Waals surface area contributed by atoms with Crippen LogP contribution in [0, 0.1) is 10.8 Å². The SMILES string of the molecule is C=C(CC1=C(C(C)C)C=C(F)CC1)NSc1ncc(C(C)(C)N=O)s1. The minimum Gasteiger partial charge on any atom is -0.328 e. The van der Waals surface area contributed by atoms with Crippen LogP contribution in [0.5, 0.6) is 0 Å². The van der Waals surface area contributed by atoms with E-state index in [0.29, 0.717) is 18.8 Å². The first-order valence-corrected chi connectivity index (χ1v) is 9.85. The zero-order valence-electron chi connectivity index (χ0n) is 15.1. The molecular formula is C18H24FN3OS2. The molecule has 0 amide bonds. The third-order valence-electron chi connectivity index (χ3n) is 4.03. The van der Waals surface area contributed by atoms with Crippen molar-refractivity contribution >= 4 is 23.3 Å². The number of hydrogen-bond donors (Lipinski definition) is 1. The van der Waals surface area contributed by atoms with Gasteiger partial charge in [-0.25, -0.2) is 9.37 Å². The first kappa shape index (κ1) is 19.8. The van der Waals surface area contributed by atoms with E-state index in [2.05, 4.69) is 35.3 Å². The van der Waals surface area contributed by atoms with Crippen molar-refractivity contribution in [3.8, 4) is 0 Å². The molecule has 0 atom stereocenters. The molecule has 1 aliphatic carbocycles. The Kier molecular flexibility index (Phi) is 6.57. The molecule has 7 heteroatoms. The largest absolute Gasteiger partial charge is 0.328 e. The number of halogens is 1. The van der Waals surface area contributed by atoms with E-state index < -0.39 is 5.54 Å². The Bertz CT molecular complexity index is 720. The Morgan fingerprint density at radius 1 is 1.52 bits per heavy atom. The Labute approximate surface area is 156 Å². The maximum atomic E-state index is 13.6. The molecule has 1 N–H and O–H groups in total. The van der Waals surface area contributed by atoms with Crippen molar-refractivity contribution in [3.63, 3.8) is 0 Å². The molecule has 0 aliphatic heterocycles. The molecule has 0 unspecified atom stereocenters. The third kappa shape index (κ3) is 5.25. The van der Waals surface area contributed by atoms with E-state index in [-0.39, 0.29) is 5.83 Å². The summed E-state index contributed by atoms with van der Waals surface area (Å²) in [5, 5.41) is 3.14. The smallest absolute Gasteiger partial charge is 0.170 e. The molecule has 1 aliphatic rings. The second kappa shape index (κ2) is 8.27. The minimum atomic E-state index is -0.761. The number of nitrogens with zero attached hydrogens (tertiary/aromatic N) is 2. The average molecular weight is 382 g/mol. The number of thiazole rings is 1. The minimum absolute atomic E-state index is 0.0397. The third-order valence-corrected chi connectivity index (χ3v) is 6.31. The molecule has 25 heavy (non-hydrogen) atoms. The van der Waals surface area contributed by atoms with E-state index in [9.17, 15) is 9.30 Å². The normalized spacial score (nSPS) is 15.4. The fraction of sp³-hybridized carbons (Fsp3) is 0.500. The van der Waals surface area contributed by atoms with Gasteiger partial charge in [-0.3, -0.25) is 0 Å². The fourth-order valence-electron chi connectivity index (χ4n) is 2.57. The Morgan fingerprint density at radius 3 is 2.88 bits per heavy atom. The molecule has 0 fully saturated rings. The highest BCUT2D eigenvalue weighted by Crippen LogP contribution is 2.35. The molecule has 2 rings (SSSR count). The molecule has 0 saturated heterocycles. The summed E-state index contributed by atoms with van der Waals surface area (Å²) in [4.78, 5) is 16.0. The lowest BCUT2D eigenvalue weighted by Crippen LogP contribution is -2.09. The summed E-state index contributed by atoms with van der Waals surface area (Å²) in [6, 6.07) is 0. The van der Waals surface area contributed by atoms with Crippen molar-refractivity contribution < 1.29 is 4.39 Å². The summed E-state index contributed by atoms with van der Waals surface area (Å²) in [7, 11) is 0. The molecular weight excluding hydrogens is 357 g/mol. The zero-order chi connectivity index (χ0) is 18.6. The summed E-state index contributed by atoms with van der Waals surface area (Å²) in [5.74, 6) is 0.253. The van der Waals surface area contributed by atoms with Crippen LogP contribution in [0.4, 0.5) is 4.39 Å². The predicted octanol–water partition coefficient (Wildman–Crippen LogP) is 6.24.